The third-order valence-corrected chi connectivity index (χ3v) is 0.594. The van der Waals surface area contributed by atoms with E-state index in [1.807, 2.05) is 0 Å². The van der Waals surface area contributed by atoms with Gasteiger partial charge in [0.25, 0.3) is 0 Å². The number of carbonyl (C=O) groups excluding carboxylic acids is 1. The quantitative estimate of drug-likeness (QED) is 0.580. The van der Waals surface area contributed by atoms with E-state index in [2.05, 4.69) is 25.5 Å². The van der Waals surface area contributed by atoms with Crippen LogP contribution in [-0.4, -0.2) is 12.6 Å². The molecule has 0 aliphatic carbocycles. The van der Waals surface area contributed by atoms with Gasteiger partial charge in [-0.25, -0.2) is 0 Å². The second kappa shape index (κ2) is 9.47. The van der Waals surface area contributed by atoms with Gasteiger partial charge in [-0.1, -0.05) is 27.7 Å². The van der Waals surface area contributed by atoms with E-state index in [9.17, 15) is 4.79 Å². The van der Waals surface area contributed by atoms with Crippen LogP contribution in [0.5, 0.6) is 0 Å². The van der Waals surface area contributed by atoms with E-state index in [0.717, 1.165) is 5.92 Å². The minimum absolute atomic E-state index is 0.123. The molecule has 11 heavy (non-hydrogen) atoms. The van der Waals surface area contributed by atoms with Crippen molar-refractivity contribution in [3.05, 3.63) is 0 Å². The summed E-state index contributed by atoms with van der Waals surface area (Å²) in [5.41, 5.74) is 0. The molecule has 0 aromatic rings. The van der Waals surface area contributed by atoms with Crippen LogP contribution in [-0.2, 0) is 9.53 Å². The van der Waals surface area contributed by atoms with Crippen molar-refractivity contribution < 1.29 is 9.53 Å². The van der Waals surface area contributed by atoms with E-state index < -0.39 is 0 Å². The van der Waals surface area contributed by atoms with Gasteiger partial charge in [0.05, 0.1) is 6.61 Å². The molecule has 0 bridgehead atoms. The van der Waals surface area contributed by atoms with E-state index in [4.69, 9.17) is 0 Å². The zero-order chi connectivity index (χ0) is 9.28. The summed E-state index contributed by atoms with van der Waals surface area (Å²) in [5, 5.41) is 0. The van der Waals surface area contributed by atoms with Crippen LogP contribution in [0.1, 0.15) is 41.0 Å². The summed E-state index contributed by atoms with van der Waals surface area (Å²) in [4.78, 5) is 10.2. The van der Waals surface area contributed by atoms with Gasteiger partial charge in [0.1, 0.15) is 0 Å². The Morgan fingerprint density at radius 1 is 1.27 bits per heavy atom. The minimum Gasteiger partial charge on any atom is -0.466 e. The Labute approximate surface area is 69.9 Å². The Morgan fingerprint density at radius 3 is 1.73 bits per heavy atom. The van der Waals surface area contributed by atoms with Crippen LogP contribution >= 0.6 is 0 Å². The van der Waals surface area contributed by atoms with Gasteiger partial charge in [-0.05, 0) is 12.8 Å². The molecule has 0 atom stereocenters. The summed E-state index contributed by atoms with van der Waals surface area (Å²) in [7, 11) is 0. The van der Waals surface area contributed by atoms with Gasteiger partial charge in [0, 0.05) is 6.42 Å². The topological polar surface area (TPSA) is 26.3 Å². The van der Waals surface area contributed by atoms with E-state index in [0.29, 0.717) is 13.0 Å². The molecule has 0 saturated carbocycles. The fourth-order valence-electron chi connectivity index (χ4n) is 0.263. The number of ether oxygens (including phenoxy) is 1. The molecule has 0 aliphatic rings. The van der Waals surface area contributed by atoms with Crippen molar-refractivity contribution >= 4 is 5.97 Å². The lowest BCUT2D eigenvalue weighted by atomic mass is 10.3. The monoisotopic (exact) mass is 160 g/mol. The standard InChI is InChI=1S/C5H10O2.C4H10/c1-3-5(6)7-4-2;1-4(2)3/h3-4H2,1-2H3;4H,1-3H3. The molecular weight excluding hydrogens is 140 g/mol. The zero-order valence-electron chi connectivity index (χ0n) is 8.31. The summed E-state index contributed by atoms with van der Waals surface area (Å²) in [6.07, 6.45) is 0.480. The first-order valence-corrected chi connectivity index (χ1v) is 4.20. The molecule has 0 N–H and O–H groups in total. The van der Waals surface area contributed by atoms with Gasteiger partial charge >= 0.3 is 5.97 Å². The Hall–Kier alpha value is -0.530. The van der Waals surface area contributed by atoms with Gasteiger partial charge in [-0.15, -0.1) is 0 Å². The van der Waals surface area contributed by atoms with Crippen LogP contribution in [0.25, 0.3) is 0 Å². The van der Waals surface area contributed by atoms with Crippen LogP contribution in [0.2, 0.25) is 0 Å². The first-order valence-electron chi connectivity index (χ1n) is 4.20. The lowest BCUT2D eigenvalue weighted by Crippen LogP contribution is -2.00. The molecule has 0 aromatic heterocycles. The fraction of sp³-hybridized carbons (Fsp3) is 0.889. The van der Waals surface area contributed by atoms with Crippen LogP contribution in [0.15, 0.2) is 0 Å². The highest BCUT2D eigenvalue weighted by Gasteiger charge is 1.91. The molecule has 0 saturated heterocycles. The molecular formula is C9H20O2. The molecule has 0 fully saturated rings. The maximum absolute atomic E-state index is 10.2. The highest BCUT2D eigenvalue weighted by Crippen LogP contribution is 1.81. The van der Waals surface area contributed by atoms with Crippen LogP contribution in [0.4, 0.5) is 0 Å². The molecule has 0 spiro atoms. The van der Waals surface area contributed by atoms with E-state index in [1.54, 1.807) is 13.8 Å². The second-order valence-electron chi connectivity index (χ2n) is 2.89. The van der Waals surface area contributed by atoms with Gasteiger partial charge in [0.15, 0.2) is 0 Å². The molecule has 2 heteroatoms. The zero-order valence-corrected chi connectivity index (χ0v) is 8.31. The lowest BCUT2D eigenvalue weighted by Gasteiger charge is -1.93. The predicted octanol–water partition coefficient (Wildman–Crippen LogP) is 2.62. The Morgan fingerprint density at radius 2 is 1.64 bits per heavy atom. The van der Waals surface area contributed by atoms with Crippen molar-refractivity contribution in [1.29, 1.82) is 0 Å². The van der Waals surface area contributed by atoms with E-state index in [1.165, 1.54) is 0 Å². The fourth-order valence-corrected chi connectivity index (χ4v) is 0.263. The molecule has 2 nitrogen and oxygen atoms in total. The van der Waals surface area contributed by atoms with Crippen molar-refractivity contribution in [2.24, 2.45) is 5.92 Å². The molecule has 0 aliphatic heterocycles. The summed E-state index contributed by atoms with van der Waals surface area (Å²) in [5.74, 6) is 0.711. The Bertz CT molecular complexity index is 84.8. The molecule has 0 aromatic carbocycles. The minimum atomic E-state index is -0.123. The molecule has 0 unspecified atom stereocenters. The normalized spacial score (nSPS) is 8.55. The highest BCUT2D eigenvalue weighted by atomic mass is 16.5. The average Bonchev–Trinajstić information content (AvgIpc) is 1.87. The number of carbonyl (C=O) groups is 1. The number of esters is 1. The summed E-state index contributed by atoms with van der Waals surface area (Å²) < 4.78 is 4.55. The second-order valence-corrected chi connectivity index (χ2v) is 2.89. The summed E-state index contributed by atoms with van der Waals surface area (Å²) in [6.45, 7) is 10.6. The van der Waals surface area contributed by atoms with Gasteiger partial charge in [-0.3, -0.25) is 4.79 Å². The number of hydrogen-bond acceptors (Lipinski definition) is 2. The lowest BCUT2D eigenvalue weighted by molar-refractivity contribution is -0.142. The molecule has 68 valence electrons. The SMILES string of the molecule is CC(C)C.CCOC(=O)CC. The molecule has 0 rings (SSSR count). The van der Waals surface area contributed by atoms with Crippen molar-refractivity contribution in [2.45, 2.75) is 41.0 Å². The smallest absolute Gasteiger partial charge is 0.305 e. The van der Waals surface area contributed by atoms with Crippen LogP contribution < -0.4 is 0 Å². The maximum atomic E-state index is 10.2. The summed E-state index contributed by atoms with van der Waals surface area (Å²) >= 11 is 0. The van der Waals surface area contributed by atoms with Gasteiger partial charge < -0.3 is 4.74 Å². The van der Waals surface area contributed by atoms with Crippen LogP contribution in [0.3, 0.4) is 0 Å². The third kappa shape index (κ3) is 26.4. The van der Waals surface area contributed by atoms with Gasteiger partial charge in [-0.2, -0.15) is 0 Å². The first-order chi connectivity index (χ1) is 5.04. The summed E-state index contributed by atoms with van der Waals surface area (Å²) in [6, 6.07) is 0. The van der Waals surface area contributed by atoms with Crippen molar-refractivity contribution in [3.63, 3.8) is 0 Å². The van der Waals surface area contributed by atoms with E-state index in [-0.39, 0.29) is 5.97 Å². The van der Waals surface area contributed by atoms with Gasteiger partial charge in [0.2, 0.25) is 0 Å². The molecule has 0 radical (unpaired) electrons. The van der Waals surface area contributed by atoms with Crippen molar-refractivity contribution in [3.8, 4) is 0 Å². The number of hydrogen-bond donors (Lipinski definition) is 0. The van der Waals surface area contributed by atoms with Crippen LogP contribution in [0, 0.1) is 5.92 Å². The third-order valence-electron chi connectivity index (χ3n) is 0.594. The largest absolute Gasteiger partial charge is 0.466 e. The maximum Gasteiger partial charge on any atom is 0.305 e. The Balaban J connectivity index is 0. The Kier molecular flexibility index (Phi) is 11.3. The number of rotatable bonds is 2. The predicted molar refractivity (Wildman–Crippen MR) is 47.4 cm³/mol. The molecule has 0 amide bonds. The van der Waals surface area contributed by atoms with E-state index >= 15 is 0 Å². The highest BCUT2D eigenvalue weighted by molar-refractivity contribution is 5.68. The van der Waals surface area contributed by atoms with Crippen molar-refractivity contribution in [1.82, 2.24) is 0 Å². The average molecular weight is 160 g/mol. The first kappa shape index (κ1) is 13.1. The molecule has 0 heterocycles. The van der Waals surface area contributed by atoms with Crippen molar-refractivity contribution in [2.75, 3.05) is 6.61 Å².